The lowest BCUT2D eigenvalue weighted by Crippen LogP contribution is -2.55. The number of carbonyl (C=O) groups is 1. The summed E-state index contributed by atoms with van der Waals surface area (Å²) in [6.45, 7) is 3.62. The second-order valence-electron chi connectivity index (χ2n) is 8.86. The minimum absolute atomic E-state index is 0.00344. The van der Waals surface area contributed by atoms with Crippen molar-refractivity contribution in [1.82, 2.24) is 9.62 Å². The molecule has 7 nitrogen and oxygen atoms in total. The zero-order chi connectivity index (χ0) is 21.2. The van der Waals surface area contributed by atoms with Crippen LogP contribution < -0.4 is 14.4 Å². The van der Waals surface area contributed by atoms with Gasteiger partial charge in [-0.05, 0) is 49.7 Å². The van der Waals surface area contributed by atoms with Crippen LogP contribution in [0.25, 0.3) is 0 Å². The molecule has 1 aromatic carbocycles. The molecule has 8 heteroatoms. The van der Waals surface area contributed by atoms with Crippen molar-refractivity contribution in [3.8, 4) is 5.75 Å². The van der Waals surface area contributed by atoms with Crippen molar-refractivity contribution < 1.29 is 17.9 Å². The van der Waals surface area contributed by atoms with Crippen molar-refractivity contribution in [2.45, 2.75) is 64.4 Å². The molecular formula is C22H33N3O4S. The standard InChI is InChI=1S/C22H33N3O4S/c1-2-14-23-21(26)20-17-25(18-8-4-5-9-19(18)29-20)30(27,28)24-15-12-22(13-16-24)10-6-3-7-11-22/h4-5,8-9,20H,2-3,6-7,10-17H2,1H3,(H,23,26)/t20-/m1/s1. The Labute approximate surface area is 179 Å². The molecule has 1 aromatic rings. The third kappa shape index (κ3) is 4.17. The van der Waals surface area contributed by atoms with Crippen molar-refractivity contribution in [3.05, 3.63) is 24.3 Å². The molecule has 1 saturated heterocycles. The van der Waals surface area contributed by atoms with Gasteiger partial charge in [-0.15, -0.1) is 0 Å². The predicted molar refractivity (Wildman–Crippen MR) is 117 cm³/mol. The van der Waals surface area contributed by atoms with Gasteiger partial charge in [0.2, 0.25) is 0 Å². The third-order valence-corrected chi connectivity index (χ3v) is 8.80. The molecule has 2 fully saturated rings. The number of piperidine rings is 1. The maximum absolute atomic E-state index is 13.6. The van der Waals surface area contributed by atoms with Crippen LogP contribution in [0.1, 0.15) is 58.3 Å². The van der Waals surface area contributed by atoms with Crippen LogP contribution in [0.4, 0.5) is 5.69 Å². The molecule has 1 spiro atoms. The molecule has 4 rings (SSSR count). The molecule has 166 valence electrons. The number of amides is 1. The molecule has 1 atom stereocenters. The molecule has 1 N–H and O–H groups in total. The Kier molecular flexibility index (Phi) is 6.25. The number of benzene rings is 1. The van der Waals surface area contributed by atoms with Gasteiger partial charge in [0.05, 0.1) is 12.2 Å². The molecule has 30 heavy (non-hydrogen) atoms. The Bertz CT molecular complexity index is 857. The van der Waals surface area contributed by atoms with Gasteiger partial charge in [0, 0.05) is 19.6 Å². The predicted octanol–water partition coefficient (Wildman–Crippen LogP) is 3.07. The summed E-state index contributed by atoms with van der Waals surface area (Å²) in [4.78, 5) is 12.5. The minimum atomic E-state index is -3.73. The molecule has 0 bridgehead atoms. The van der Waals surface area contributed by atoms with E-state index in [1.165, 1.54) is 36.4 Å². The molecule has 1 amide bonds. The number of rotatable bonds is 5. The van der Waals surface area contributed by atoms with Gasteiger partial charge in [0.1, 0.15) is 5.75 Å². The molecule has 0 aromatic heterocycles. The monoisotopic (exact) mass is 435 g/mol. The molecule has 1 saturated carbocycles. The van der Waals surface area contributed by atoms with Crippen molar-refractivity contribution in [1.29, 1.82) is 0 Å². The van der Waals surface area contributed by atoms with E-state index >= 15 is 0 Å². The van der Waals surface area contributed by atoms with E-state index in [0.29, 0.717) is 36.5 Å². The third-order valence-electron chi connectivity index (χ3n) is 6.88. The summed E-state index contributed by atoms with van der Waals surface area (Å²) in [5.41, 5.74) is 0.838. The van der Waals surface area contributed by atoms with Crippen LogP contribution in [0.15, 0.2) is 24.3 Å². The molecule has 1 aliphatic carbocycles. The summed E-state index contributed by atoms with van der Waals surface area (Å²) >= 11 is 0. The van der Waals surface area contributed by atoms with E-state index in [9.17, 15) is 13.2 Å². The first kappa shape index (κ1) is 21.4. The second-order valence-corrected chi connectivity index (χ2v) is 10.7. The summed E-state index contributed by atoms with van der Waals surface area (Å²) < 4.78 is 36.1. The fourth-order valence-electron chi connectivity index (χ4n) is 5.05. The molecule has 2 aliphatic heterocycles. The number of hydrogen-bond acceptors (Lipinski definition) is 4. The van der Waals surface area contributed by atoms with Crippen molar-refractivity contribution >= 4 is 21.8 Å². The Morgan fingerprint density at radius 2 is 1.83 bits per heavy atom. The Morgan fingerprint density at radius 3 is 2.53 bits per heavy atom. The first-order valence-electron chi connectivity index (χ1n) is 11.3. The van der Waals surface area contributed by atoms with E-state index < -0.39 is 16.3 Å². The normalized spacial score (nSPS) is 24.2. The number of nitrogens with one attached hydrogen (secondary N) is 1. The van der Waals surface area contributed by atoms with Crippen molar-refractivity contribution in [2.24, 2.45) is 5.41 Å². The zero-order valence-electron chi connectivity index (χ0n) is 17.8. The highest BCUT2D eigenvalue weighted by atomic mass is 32.2. The number of para-hydroxylation sites is 2. The van der Waals surface area contributed by atoms with E-state index in [-0.39, 0.29) is 12.5 Å². The number of nitrogens with zero attached hydrogens (tertiary/aromatic N) is 2. The molecular weight excluding hydrogens is 402 g/mol. The Hall–Kier alpha value is -1.80. The first-order chi connectivity index (χ1) is 14.5. The Morgan fingerprint density at radius 1 is 1.13 bits per heavy atom. The van der Waals surface area contributed by atoms with Crippen LogP contribution in [-0.2, 0) is 15.0 Å². The number of ether oxygens (including phenoxy) is 1. The minimum Gasteiger partial charge on any atom is -0.476 e. The van der Waals surface area contributed by atoms with E-state index in [0.717, 1.165) is 19.3 Å². The van der Waals surface area contributed by atoms with Gasteiger partial charge in [-0.25, -0.2) is 4.31 Å². The molecule has 2 heterocycles. The lowest BCUT2D eigenvalue weighted by molar-refractivity contribution is -0.127. The highest BCUT2D eigenvalue weighted by molar-refractivity contribution is 7.90. The van der Waals surface area contributed by atoms with Crippen LogP contribution in [0, 0.1) is 5.41 Å². The largest absolute Gasteiger partial charge is 0.476 e. The van der Waals surface area contributed by atoms with Crippen molar-refractivity contribution in [2.75, 3.05) is 30.5 Å². The molecule has 0 radical (unpaired) electrons. The molecule has 3 aliphatic rings. The summed E-state index contributed by atoms with van der Waals surface area (Å²) in [5, 5.41) is 2.82. The lowest BCUT2D eigenvalue weighted by Gasteiger charge is -2.45. The number of fused-ring (bicyclic) bond motifs is 1. The number of anilines is 1. The van der Waals surface area contributed by atoms with Crippen molar-refractivity contribution in [3.63, 3.8) is 0 Å². The topological polar surface area (TPSA) is 79.0 Å². The summed E-state index contributed by atoms with van der Waals surface area (Å²) in [7, 11) is -3.73. The zero-order valence-corrected chi connectivity index (χ0v) is 18.6. The van der Waals surface area contributed by atoms with Crippen LogP contribution >= 0.6 is 0 Å². The maximum atomic E-state index is 13.6. The quantitative estimate of drug-likeness (QED) is 0.771. The maximum Gasteiger partial charge on any atom is 0.304 e. The van der Waals surface area contributed by atoms with E-state index in [1.807, 2.05) is 6.92 Å². The van der Waals surface area contributed by atoms with Gasteiger partial charge in [-0.3, -0.25) is 4.79 Å². The lowest BCUT2D eigenvalue weighted by atomic mass is 9.68. The number of hydrogen-bond donors (Lipinski definition) is 1. The van der Waals surface area contributed by atoms with Gasteiger partial charge in [0.15, 0.2) is 6.10 Å². The number of carbonyl (C=O) groups excluding carboxylic acids is 1. The summed E-state index contributed by atoms with van der Waals surface area (Å²) in [5.74, 6) is 0.163. The summed E-state index contributed by atoms with van der Waals surface area (Å²) in [6, 6.07) is 7.07. The average Bonchev–Trinajstić information content (AvgIpc) is 2.77. The van der Waals surface area contributed by atoms with Crippen LogP contribution in [0.5, 0.6) is 5.75 Å². The van der Waals surface area contributed by atoms with Crippen LogP contribution in [-0.4, -0.2) is 50.9 Å². The van der Waals surface area contributed by atoms with Gasteiger partial charge in [0.25, 0.3) is 5.91 Å². The first-order valence-corrected chi connectivity index (χ1v) is 12.7. The van der Waals surface area contributed by atoms with Gasteiger partial charge in [-0.1, -0.05) is 38.3 Å². The van der Waals surface area contributed by atoms with Crippen LogP contribution in [0.3, 0.4) is 0 Å². The van der Waals surface area contributed by atoms with E-state index in [1.54, 1.807) is 28.6 Å². The fraction of sp³-hybridized carbons (Fsp3) is 0.682. The SMILES string of the molecule is CCCNC(=O)[C@H]1CN(S(=O)(=O)N2CCC3(CCCCC3)CC2)c2ccccc2O1. The van der Waals surface area contributed by atoms with E-state index in [2.05, 4.69) is 5.32 Å². The highest BCUT2D eigenvalue weighted by Gasteiger charge is 2.43. The molecule has 0 unspecified atom stereocenters. The van der Waals surface area contributed by atoms with Gasteiger partial charge >= 0.3 is 10.2 Å². The fourth-order valence-corrected chi connectivity index (χ4v) is 6.70. The van der Waals surface area contributed by atoms with Crippen LogP contribution in [0.2, 0.25) is 0 Å². The average molecular weight is 436 g/mol. The van der Waals surface area contributed by atoms with E-state index in [4.69, 9.17) is 4.74 Å². The smallest absolute Gasteiger partial charge is 0.304 e. The summed E-state index contributed by atoms with van der Waals surface area (Å²) in [6.07, 6.45) is 8.09. The second kappa shape index (κ2) is 8.75. The Balaban J connectivity index is 1.54. The van der Waals surface area contributed by atoms with Gasteiger partial charge in [-0.2, -0.15) is 12.7 Å². The highest BCUT2D eigenvalue weighted by Crippen LogP contribution is 2.45. The van der Waals surface area contributed by atoms with Gasteiger partial charge < -0.3 is 10.1 Å².